The molecular formula is C15H17N3O3. The van der Waals surface area contributed by atoms with Crippen molar-refractivity contribution in [2.75, 3.05) is 5.32 Å². The summed E-state index contributed by atoms with van der Waals surface area (Å²) >= 11 is 0. The molecule has 2 unspecified atom stereocenters. The minimum atomic E-state index is -0.900. The highest BCUT2D eigenvalue weighted by Crippen LogP contribution is 2.20. The predicted molar refractivity (Wildman–Crippen MR) is 78.1 cm³/mol. The highest BCUT2D eigenvalue weighted by Gasteiger charge is 2.17. The van der Waals surface area contributed by atoms with E-state index in [-0.39, 0.29) is 5.91 Å². The summed E-state index contributed by atoms with van der Waals surface area (Å²) in [5.74, 6) is -1.73. The van der Waals surface area contributed by atoms with Gasteiger partial charge in [0.05, 0.1) is 5.92 Å². The van der Waals surface area contributed by atoms with Crippen molar-refractivity contribution in [1.29, 1.82) is 0 Å². The van der Waals surface area contributed by atoms with Crippen molar-refractivity contribution in [1.82, 2.24) is 9.78 Å². The molecule has 0 aliphatic carbocycles. The molecule has 2 N–H and O–H groups in total. The third kappa shape index (κ3) is 3.47. The second-order valence-electron chi connectivity index (χ2n) is 4.84. The van der Waals surface area contributed by atoms with E-state index in [9.17, 15) is 9.59 Å². The van der Waals surface area contributed by atoms with E-state index in [0.29, 0.717) is 11.3 Å². The first-order chi connectivity index (χ1) is 9.99. The molecule has 0 saturated heterocycles. The molecule has 110 valence electrons. The number of hydrogen-bond acceptors (Lipinski definition) is 3. The molecule has 2 atom stereocenters. The number of benzene rings is 1. The third-order valence-corrected chi connectivity index (χ3v) is 3.33. The maximum atomic E-state index is 12.1. The Morgan fingerprint density at radius 3 is 2.67 bits per heavy atom. The maximum Gasteiger partial charge on any atom is 0.310 e. The monoisotopic (exact) mass is 287 g/mol. The molecule has 0 radical (unpaired) electrons. The normalized spacial score (nSPS) is 13.4. The van der Waals surface area contributed by atoms with E-state index < -0.39 is 17.9 Å². The molecule has 1 aromatic heterocycles. The van der Waals surface area contributed by atoms with Gasteiger partial charge in [0, 0.05) is 18.1 Å². The van der Waals surface area contributed by atoms with Crippen molar-refractivity contribution in [3.63, 3.8) is 0 Å². The number of carboxylic acids is 1. The lowest BCUT2D eigenvalue weighted by molar-refractivity contribution is -0.138. The average molecular weight is 287 g/mol. The zero-order chi connectivity index (χ0) is 15.4. The summed E-state index contributed by atoms with van der Waals surface area (Å²) in [6.07, 6.45) is 3.33. The fourth-order valence-electron chi connectivity index (χ4n) is 1.90. The van der Waals surface area contributed by atoms with Crippen LogP contribution < -0.4 is 5.32 Å². The number of anilines is 1. The number of nitrogens with zero attached hydrogens (tertiary/aromatic N) is 2. The third-order valence-electron chi connectivity index (χ3n) is 3.33. The van der Waals surface area contributed by atoms with Crippen LogP contribution in [0.15, 0.2) is 42.7 Å². The summed E-state index contributed by atoms with van der Waals surface area (Å²) in [7, 11) is 0. The SMILES string of the molecule is CC(C(=O)O)c1cccc(NC(=O)C(C)n2cccn2)c1. The Kier molecular flexibility index (Phi) is 4.37. The largest absolute Gasteiger partial charge is 0.481 e. The van der Waals surface area contributed by atoms with Crippen LogP contribution in [0.5, 0.6) is 0 Å². The molecular weight excluding hydrogens is 270 g/mol. The van der Waals surface area contributed by atoms with Gasteiger partial charge in [0.1, 0.15) is 6.04 Å². The fourth-order valence-corrected chi connectivity index (χ4v) is 1.90. The van der Waals surface area contributed by atoms with Gasteiger partial charge in [-0.05, 0) is 37.6 Å². The fraction of sp³-hybridized carbons (Fsp3) is 0.267. The van der Waals surface area contributed by atoms with Crippen LogP contribution in [0.25, 0.3) is 0 Å². The second kappa shape index (κ2) is 6.21. The molecule has 0 saturated carbocycles. The molecule has 1 amide bonds. The Morgan fingerprint density at radius 1 is 1.29 bits per heavy atom. The number of aromatic nitrogens is 2. The van der Waals surface area contributed by atoms with Gasteiger partial charge in [-0.25, -0.2) is 0 Å². The predicted octanol–water partition coefficient (Wildman–Crippen LogP) is 2.27. The smallest absolute Gasteiger partial charge is 0.310 e. The quantitative estimate of drug-likeness (QED) is 0.883. The number of rotatable bonds is 5. The van der Waals surface area contributed by atoms with Crippen LogP contribution in [-0.4, -0.2) is 26.8 Å². The lowest BCUT2D eigenvalue weighted by atomic mass is 10.0. The zero-order valence-corrected chi connectivity index (χ0v) is 11.9. The van der Waals surface area contributed by atoms with Crippen LogP contribution in [0.1, 0.15) is 31.4 Å². The molecule has 6 heteroatoms. The number of carbonyl (C=O) groups is 2. The van der Waals surface area contributed by atoms with E-state index >= 15 is 0 Å². The molecule has 0 spiro atoms. The van der Waals surface area contributed by atoms with Crippen molar-refractivity contribution >= 4 is 17.6 Å². The van der Waals surface area contributed by atoms with Gasteiger partial charge in [0.15, 0.2) is 0 Å². The van der Waals surface area contributed by atoms with Gasteiger partial charge in [-0.3, -0.25) is 14.3 Å². The molecule has 0 aliphatic heterocycles. The lowest BCUT2D eigenvalue weighted by Gasteiger charge is -2.14. The molecule has 0 bridgehead atoms. The number of aliphatic carboxylic acids is 1. The van der Waals surface area contributed by atoms with Crippen LogP contribution in [0.4, 0.5) is 5.69 Å². The van der Waals surface area contributed by atoms with E-state index in [1.165, 1.54) is 0 Å². The lowest BCUT2D eigenvalue weighted by Crippen LogP contribution is -2.24. The number of nitrogens with one attached hydrogen (secondary N) is 1. The second-order valence-corrected chi connectivity index (χ2v) is 4.84. The van der Waals surface area contributed by atoms with Gasteiger partial charge in [-0.15, -0.1) is 0 Å². The number of carbonyl (C=O) groups excluding carboxylic acids is 1. The summed E-state index contributed by atoms with van der Waals surface area (Å²) in [6, 6.07) is 8.16. The van der Waals surface area contributed by atoms with Crippen molar-refractivity contribution in [2.24, 2.45) is 0 Å². The first kappa shape index (κ1) is 14.8. The molecule has 2 rings (SSSR count). The first-order valence-corrected chi connectivity index (χ1v) is 6.62. The Morgan fingerprint density at radius 2 is 2.05 bits per heavy atom. The average Bonchev–Trinajstić information content (AvgIpc) is 2.99. The Labute approximate surface area is 122 Å². The van der Waals surface area contributed by atoms with E-state index in [4.69, 9.17) is 5.11 Å². The highest BCUT2D eigenvalue weighted by atomic mass is 16.4. The van der Waals surface area contributed by atoms with Crippen LogP contribution in [0.3, 0.4) is 0 Å². The number of carboxylic acid groups (broad SMARTS) is 1. The zero-order valence-electron chi connectivity index (χ0n) is 11.9. The van der Waals surface area contributed by atoms with Crippen molar-refractivity contribution in [3.8, 4) is 0 Å². The minimum Gasteiger partial charge on any atom is -0.481 e. The summed E-state index contributed by atoms with van der Waals surface area (Å²) in [6.45, 7) is 3.35. The van der Waals surface area contributed by atoms with Crippen molar-refractivity contribution < 1.29 is 14.7 Å². The summed E-state index contributed by atoms with van der Waals surface area (Å²) in [4.78, 5) is 23.1. The van der Waals surface area contributed by atoms with Crippen LogP contribution in [0, 0.1) is 0 Å². The number of amides is 1. The summed E-state index contributed by atoms with van der Waals surface area (Å²) < 4.78 is 1.55. The molecule has 1 aromatic carbocycles. The Balaban J connectivity index is 2.11. The van der Waals surface area contributed by atoms with Gasteiger partial charge in [-0.1, -0.05) is 12.1 Å². The van der Waals surface area contributed by atoms with Gasteiger partial charge in [-0.2, -0.15) is 5.10 Å². The topological polar surface area (TPSA) is 84.2 Å². The van der Waals surface area contributed by atoms with Crippen LogP contribution in [0.2, 0.25) is 0 Å². The molecule has 6 nitrogen and oxygen atoms in total. The van der Waals surface area contributed by atoms with Gasteiger partial charge < -0.3 is 10.4 Å². The molecule has 0 aliphatic rings. The standard InChI is InChI=1S/C15H17N3O3/c1-10(15(20)21)12-5-3-6-13(9-12)17-14(19)11(2)18-8-4-7-16-18/h3-11H,1-2H3,(H,17,19)(H,20,21). The number of hydrogen-bond donors (Lipinski definition) is 2. The van der Waals surface area contributed by atoms with E-state index in [2.05, 4.69) is 10.4 Å². The van der Waals surface area contributed by atoms with E-state index in [0.717, 1.165) is 0 Å². The van der Waals surface area contributed by atoms with Gasteiger partial charge in [0.25, 0.3) is 0 Å². The van der Waals surface area contributed by atoms with Crippen LogP contribution in [-0.2, 0) is 9.59 Å². The molecule has 0 fully saturated rings. The molecule has 2 aromatic rings. The molecule has 1 heterocycles. The van der Waals surface area contributed by atoms with E-state index in [1.54, 1.807) is 61.3 Å². The maximum absolute atomic E-state index is 12.1. The van der Waals surface area contributed by atoms with Gasteiger partial charge >= 0.3 is 5.97 Å². The summed E-state index contributed by atoms with van der Waals surface area (Å²) in [5.41, 5.74) is 1.22. The van der Waals surface area contributed by atoms with Gasteiger partial charge in [0.2, 0.25) is 5.91 Å². The minimum absolute atomic E-state index is 0.209. The van der Waals surface area contributed by atoms with Crippen molar-refractivity contribution in [2.45, 2.75) is 25.8 Å². The van der Waals surface area contributed by atoms with Crippen molar-refractivity contribution in [3.05, 3.63) is 48.3 Å². The highest BCUT2D eigenvalue weighted by molar-refractivity contribution is 5.93. The molecule has 21 heavy (non-hydrogen) atoms. The van der Waals surface area contributed by atoms with E-state index in [1.807, 2.05) is 0 Å². The van der Waals surface area contributed by atoms with Crippen LogP contribution >= 0.6 is 0 Å². The summed E-state index contributed by atoms with van der Waals surface area (Å²) in [5, 5.41) is 15.8. The first-order valence-electron chi connectivity index (χ1n) is 6.62. The Bertz CT molecular complexity index is 637. The Hall–Kier alpha value is -2.63.